The van der Waals surface area contributed by atoms with E-state index in [0.29, 0.717) is 17.1 Å². The van der Waals surface area contributed by atoms with Gasteiger partial charge in [0, 0.05) is 19.5 Å². The summed E-state index contributed by atoms with van der Waals surface area (Å²) in [6.45, 7) is 3.43. The first kappa shape index (κ1) is 23.9. The van der Waals surface area contributed by atoms with Crippen LogP contribution < -0.4 is 15.5 Å². The number of hydrogen-bond acceptors (Lipinski definition) is 7. The van der Waals surface area contributed by atoms with Gasteiger partial charge in [-0.2, -0.15) is 0 Å². The van der Waals surface area contributed by atoms with E-state index in [1.165, 1.54) is 19.2 Å². The van der Waals surface area contributed by atoms with Crippen LogP contribution in [0.25, 0.3) is 11.0 Å². The van der Waals surface area contributed by atoms with Gasteiger partial charge in [-0.05, 0) is 43.7 Å². The van der Waals surface area contributed by atoms with Gasteiger partial charge in [0.05, 0.1) is 30.1 Å². The predicted octanol–water partition coefficient (Wildman–Crippen LogP) is 3.65. The number of phenols is 1. The van der Waals surface area contributed by atoms with Crippen molar-refractivity contribution in [1.29, 1.82) is 0 Å². The Morgan fingerprint density at radius 2 is 1.94 bits per heavy atom. The predicted molar refractivity (Wildman–Crippen MR) is 130 cm³/mol. The lowest BCUT2D eigenvalue weighted by molar-refractivity contribution is -0.122. The number of amides is 1. The van der Waals surface area contributed by atoms with Crippen LogP contribution in [0, 0.1) is 6.92 Å². The van der Waals surface area contributed by atoms with Gasteiger partial charge in [-0.1, -0.05) is 18.2 Å². The molecule has 0 fully saturated rings. The maximum absolute atomic E-state index is 13.2. The van der Waals surface area contributed by atoms with Crippen LogP contribution in [0.1, 0.15) is 48.2 Å². The van der Waals surface area contributed by atoms with Crippen LogP contribution in [0.3, 0.4) is 0 Å². The normalized spacial score (nSPS) is 12.9. The number of nitrogens with one attached hydrogen (secondary N) is 1. The fourth-order valence-electron chi connectivity index (χ4n) is 4.24. The average Bonchev–Trinajstić information content (AvgIpc) is 3.17. The van der Waals surface area contributed by atoms with Crippen LogP contribution >= 0.6 is 0 Å². The summed E-state index contributed by atoms with van der Waals surface area (Å²) in [4.78, 5) is 30.1. The molecule has 0 saturated heterocycles. The van der Waals surface area contributed by atoms with E-state index in [4.69, 9.17) is 9.15 Å². The van der Waals surface area contributed by atoms with E-state index in [0.717, 1.165) is 11.0 Å². The Kier molecular flexibility index (Phi) is 6.50. The summed E-state index contributed by atoms with van der Waals surface area (Å²) in [5, 5.41) is 23.5. The van der Waals surface area contributed by atoms with Gasteiger partial charge >= 0.3 is 0 Å². The lowest BCUT2D eigenvalue weighted by atomic mass is 9.91. The molecule has 4 aromatic rings. The molecule has 0 radical (unpaired) electrons. The largest absolute Gasteiger partial charge is 0.504 e. The van der Waals surface area contributed by atoms with Gasteiger partial charge in [0.2, 0.25) is 17.1 Å². The molecule has 1 amide bonds. The molecule has 0 aliphatic rings. The minimum Gasteiger partial charge on any atom is -0.504 e. The number of benzene rings is 2. The highest BCUT2D eigenvalue weighted by Crippen LogP contribution is 2.37. The third-order valence-corrected chi connectivity index (χ3v) is 5.97. The van der Waals surface area contributed by atoms with Crippen LogP contribution in [-0.4, -0.2) is 32.8 Å². The number of fused-ring (bicyclic) bond motifs is 1. The first-order valence-electron chi connectivity index (χ1n) is 11.1. The van der Waals surface area contributed by atoms with Crippen molar-refractivity contribution in [2.45, 2.75) is 32.2 Å². The average molecular weight is 478 g/mol. The Balaban J connectivity index is 1.67. The van der Waals surface area contributed by atoms with Crippen molar-refractivity contribution in [3.63, 3.8) is 0 Å². The van der Waals surface area contributed by atoms with Crippen molar-refractivity contribution in [2.24, 2.45) is 7.05 Å². The number of imidazole rings is 1. The zero-order valence-corrected chi connectivity index (χ0v) is 19.9. The highest BCUT2D eigenvalue weighted by molar-refractivity contribution is 5.79. The summed E-state index contributed by atoms with van der Waals surface area (Å²) in [7, 11) is 3.29. The SMILES string of the molecule is COc1cc(C(CC(=O)N[C@@H](C)c2nc3ccccc3n2C)c2oc(C)cc(=O)c2O)ccc1O. The number of hydrogen-bond donors (Lipinski definition) is 3. The standard InChI is InChI=1S/C26H27N3O6/c1-14-11-21(31)24(33)25(35-14)17(16-9-10-20(30)22(12-16)34-4)13-23(32)27-15(2)26-28-18-7-5-6-8-19(18)29(26)3/h5-12,15,17,30,33H,13H2,1-4H3,(H,27,32)/t15-,17?/m0/s1. The Morgan fingerprint density at radius 1 is 1.20 bits per heavy atom. The molecule has 9 heteroatoms. The van der Waals surface area contributed by atoms with Crippen molar-refractivity contribution < 1.29 is 24.2 Å². The minimum absolute atomic E-state index is 0.0340. The number of carbonyl (C=O) groups excluding carboxylic acids is 1. The number of rotatable bonds is 7. The van der Waals surface area contributed by atoms with Gasteiger partial charge in [0.15, 0.2) is 17.3 Å². The highest BCUT2D eigenvalue weighted by Gasteiger charge is 2.28. The number of aromatic nitrogens is 2. The summed E-state index contributed by atoms with van der Waals surface area (Å²) in [5.74, 6) is -0.660. The van der Waals surface area contributed by atoms with E-state index >= 15 is 0 Å². The number of aryl methyl sites for hydroxylation is 2. The number of phenolic OH excluding ortho intramolecular Hbond substituents is 1. The van der Waals surface area contributed by atoms with Crippen LogP contribution in [0.5, 0.6) is 17.2 Å². The third kappa shape index (κ3) is 4.70. The first-order valence-corrected chi connectivity index (χ1v) is 11.1. The number of ether oxygens (including phenoxy) is 1. The number of aromatic hydroxyl groups is 2. The fourth-order valence-corrected chi connectivity index (χ4v) is 4.24. The zero-order valence-electron chi connectivity index (χ0n) is 19.9. The molecule has 4 rings (SSSR count). The molecule has 2 heterocycles. The van der Waals surface area contributed by atoms with Crippen molar-refractivity contribution >= 4 is 16.9 Å². The van der Waals surface area contributed by atoms with E-state index in [9.17, 15) is 19.8 Å². The van der Waals surface area contributed by atoms with Crippen LogP contribution in [0.2, 0.25) is 0 Å². The molecule has 2 atom stereocenters. The first-order chi connectivity index (χ1) is 16.7. The van der Waals surface area contributed by atoms with Gasteiger partial charge in [-0.15, -0.1) is 0 Å². The molecule has 0 saturated carbocycles. The van der Waals surface area contributed by atoms with Gasteiger partial charge in [-0.25, -0.2) is 4.98 Å². The minimum atomic E-state index is -0.815. The van der Waals surface area contributed by atoms with E-state index in [1.807, 2.05) is 42.8 Å². The fraction of sp³-hybridized carbons (Fsp3) is 0.269. The number of nitrogens with zero attached hydrogens (tertiary/aromatic N) is 2. The molecule has 182 valence electrons. The summed E-state index contributed by atoms with van der Waals surface area (Å²) in [6.07, 6.45) is -0.137. The van der Waals surface area contributed by atoms with E-state index < -0.39 is 23.1 Å². The molecule has 0 spiro atoms. The van der Waals surface area contributed by atoms with Crippen molar-refractivity contribution in [2.75, 3.05) is 7.11 Å². The third-order valence-electron chi connectivity index (χ3n) is 5.97. The molecule has 1 unspecified atom stereocenters. The quantitative estimate of drug-likeness (QED) is 0.371. The van der Waals surface area contributed by atoms with Crippen molar-refractivity contribution in [1.82, 2.24) is 14.9 Å². The molecule has 35 heavy (non-hydrogen) atoms. The van der Waals surface area contributed by atoms with Crippen molar-refractivity contribution in [3.05, 3.63) is 81.7 Å². The molecular weight excluding hydrogens is 450 g/mol. The second-order valence-corrected chi connectivity index (χ2v) is 8.43. The van der Waals surface area contributed by atoms with Crippen LogP contribution in [0.15, 0.2) is 57.7 Å². The maximum Gasteiger partial charge on any atom is 0.227 e. The molecule has 9 nitrogen and oxygen atoms in total. The Bertz CT molecular complexity index is 1460. The molecule has 2 aromatic heterocycles. The lowest BCUT2D eigenvalue weighted by Crippen LogP contribution is -2.30. The summed E-state index contributed by atoms with van der Waals surface area (Å²) in [6, 6.07) is 13.0. The molecule has 0 aliphatic heterocycles. The van der Waals surface area contributed by atoms with Crippen molar-refractivity contribution in [3.8, 4) is 17.2 Å². The molecule has 2 aromatic carbocycles. The Morgan fingerprint density at radius 3 is 2.66 bits per heavy atom. The summed E-state index contributed by atoms with van der Waals surface area (Å²) < 4.78 is 12.8. The van der Waals surface area contributed by atoms with E-state index in [1.54, 1.807) is 19.1 Å². The van der Waals surface area contributed by atoms with Gasteiger partial charge in [-0.3, -0.25) is 9.59 Å². The monoisotopic (exact) mass is 477 g/mol. The number of carbonyl (C=O) groups is 1. The van der Waals surface area contributed by atoms with Gasteiger partial charge < -0.3 is 29.3 Å². The lowest BCUT2D eigenvalue weighted by Gasteiger charge is -2.20. The van der Waals surface area contributed by atoms with Gasteiger partial charge in [0.25, 0.3) is 0 Å². The van der Waals surface area contributed by atoms with E-state index in [-0.39, 0.29) is 29.6 Å². The van der Waals surface area contributed by atoms with Crippen LogP contribution in [0.4, 0.5) is 0 Å². The Hall–Kier alpha value is -4.27. The zero-order chi connectivity index (χ0) is 25.3. The summed E-state index contributed by atoms with van der Waals surface area (Å²) >= 11 is 0. The molecule has 0 aliphatic carbocycles. The molecule has 3 N–H and O–H groups in total. The summed E-state index contributed by atoms with van der Waals surface area (Å²) in [5.41, 5.74) is 1.69. The van der Waals surface area contributed by atoms with E-state index in [2.05, 4.69) is 10.3 Å². The Labute approximate surface area is 201 Å². The smallest absolute Gasteiger partial charge is 0.227 e. The number of para-hydroxylation sites is 2. The topological polar surface area (TPSA) is 127 Å². The molecule has 0 bridgehead atoms. The second-order valence-electron chi connectivity index (χ2n) is 8.43. The van der Waals surface area contributed by atoms with Crippen LogP contribution in [-0.2, 0) is 11.8 Å². The second kappa shape index (κ2) is 9.54. The number of methoxy groups -OCH3 is 1. The highest BCUT2D eigenvalue weighted by atomic mass is 16.5. The maximum atomic E-state index is 13.2. The molecular formula is C26H27N3O6. The van der Waals surface area contributed by atoms with Gasteiger partial charge in [0.1, 0.15) is 11.6 Å².